The number of carbonyl (C=O) groups excluding carboxylic acids is 1. The predicted octanol–water partition coefficient (Wildman–Crippen LogP) is 2.27. The van der Waals surface area contributed by atoms with Crippen LogP contribution in [0.25, 0.3) is 0 Å². The van der Waals surface area contributed by atoms with Gasteiger partial charge in [-0.05, 0) is 37.1 Å². The van der Waals surface area contributed by atoms with E-state index in [-0.39, 0.29) is 5.91 Å². The van der Waals surface area contributed by atoms with E-state index in [0.29, 0.717) is 38.1 Å². The minimum atomic E-state index is -1.11. The summed E-state index contributed by atoms with van der Waals surface area (Å²) < 4.78 is 13.0. The van der Waals surface area contributed by atoms with Gasteiger partial charge in [0.25, 0.3) is 0 Å². The van der Waals surface area contributed by atoms with Crippen molar-refractivity contribution in [3.63, 3.8) is 0 Å². The number of rotatable bonds is 6. The van der Waals surface area contributed by atoms with E-state index in [1.165, 1.54) is 0 Å². The van der Waals surface area contributed by atoms with Crippen molar-refractivity contribution in [2.24, 2.45) is 5.92 Å². The first kappa shape index (κ1) is 17.1. The number of carboxylic acids is 1. The van der Waals surface area contributed by atoms with Crippen LogP contribution in [0.3, 0.4) is 0 Å². The van der Waals surface area contributed by atoms with Crippen LogP contribution in [0.15, 0.2) is 33.6 Å². The molecule has 1 fully saturated rings. The molecule has 1 aromatic rings. The van der Waals surface area contributed by atoms with E-state index >= 15 is 0 Å². The largest absolute Gasteiger partial charge is 0.481 e. The molecule has 1 saturated heterocycles. The number of halogens is 1. The number of amides is 1. The highest BCUT2D eigenvalue weighted by Gasteiger charge is 2.30. The van der Waals surface area contributed by atoms with Gasteiger partial charge < -0.3 is 10.0 Å². The minimum Gasteiger partial charge on any atom is -0.481 e. The van der Waals surface area contributed by atoms with Gasteiger partial charge in [0.1, 0.15) is 0 Å². The fourth-order valence-corrected chi connectivity index (χ4v) is 3.75. The maximum atomic E-state index is 12.1. The molecule has 7 heteroatoms. The normalized spacial score (nSPS) is 19.1. The first-order valence-electron chi connectivity index (χ1n) is 7.12. The van der Waals surface area contributed by atoms with Crippen molar-refractivity contribution in [3.8, 4) is 0 Å². The Morgan fingerprint density at radius 3 is 2.59 bits per heavy atom. The molecule has 0 unspecified atom stereocenters. The average Bonchev–Trinajstić information content (AvgIpc) is 2.98. The van der Waals surface area contributed by atoms with Gasteiger partial charge >= 0.3 is 5.97 Å². The SMILES string of the molecule is O=C(O)[C@H]1CCN(C(=O)CCC[S@@](=O)c2ccc(Br)cc2)C1. The third-order valence-electron chi connectivity index (χ3n) is 3.69. The highest BCUT2D eigenvalue weighted by molar-refractivity contribution is 9.10. The van der Waals surface area contributed by atoms with Crippen LogP contribution in [0.2, 0.25) is 0 Å². The molecule has 0 spiro atoms. The van der Waals surface area contributed by atoms with E-state index < -0.39 is 22.7 Å². The molecule has 1 aromatic carbocycles. The fraction of sp³-hybridized carbons (Fsp3) is 0.467. The summed E-state index contributed by atoms with van der Waals surface area (Å²) in [6, 6.07) is 7.29. The molecule has 1 N–H and O–H groups in total. The third-order valence-corrected chi connectivity index (χ3v) is 5.67. The molecule has 0 saturated carbocycles. The molecule has 5 nitrogen and oxygen atoms in total. The monoisotopic (exact) mass is 387 g/mol. The second-order valence-electron chi connectivity index (χ2n) is 5.27. The number of carboxylic acid groups (broad SMARTS) is 1. The lowest BCUT2D eigenvalue weighted by molar-refractivity contribution is -0.141. The Morgan fingerprint density at radius 1 is 1.32 bits per heavy atom. The zero-order chi connectivity index (χ0) is 16.1. The molecule has 1 aliphatic rings. The topological polar surface area (TPSA) is 74.7 Å². The molecule has 0 aliphatic carbocycles. The highest BCUT2D eigenvalue weighted by Crippen LogP contribution is 2.18. The number of benzene rings is 1. The molecule has 1 amide bonds. The molecule has 1 heterocycles. The van der Waals surface area contributed by atoms with Crippen molar-refractivity contribution in [2.75, 3.05) is 18.8 Å². The maximum absolute atomic E-state index is 12.1. The van der Waals surface area contributed by atoms with Gasteiger partial charge in [-0.2, -0.15) is 0 Å². The van der Waals surface area contributed by atoms with Gasteiger partial charge in [-0.15, -0.1) is 0 Å². The fourth-order valence-electron chi connectivity index (χ4n) is 2.41. The third kappa shape index (κ3) is 4.64. The second kappa shape index (κ2) is 7.87. The molecule has 0 radical (unpaired) electrons. The molecule has 0 bridgehead atoms. The lowest BCUT2D eigenvalue weighted by Crippen LogP contribution is -2.29. The standard InChI is InChI=1S/C15H18BrNO4S/c16-12-3-5-13(6-4-12)22(21)9-1-2-14(18)17-8-7-11(10-17)15(19)20/h3-6,11H,1-2,7-10H2,(H,19,20)/t11-,22+/m0/s1. The van der Waals surface area contributed by atoms with Crippen LogP contribution in [0, 0.1) is 5.92 Å². The van der Waals surface area contributed by atoms with Crippen molar-refractivity contribution < 1.29 is 18.9 Å². The number of nitrogens with zero attached hydrogens (tertiary/aromatic N) is 1. The predicted molar refractivity (Wildman–Crippen MR) is 87.0 cm³/mol. The van der Waals surface area contributed by atoms with Crippen molar-refractivity contribution in [3.05, 3.63) is 28.7 Å². The molecule has 2 atom stereocenters. The van der Waals surface area contributed by atoms with Crippen LogP contribution < -0.4 is 0 Å². The van der Waals surface area contributed by atoms with Crippen LogP contribution in [0.1, 0.15) is 19.3 Å². The molecule has 2 rings (SSSR count). The van der Waals surface area contributed by atoms with Gasteiger partial charge in [0.05, 0.1) is 16.7 Å². The number of likely N-dealkylation sites (tertiary alicyclic amines) is 1. The molecule has 1 aliphatic heterocycles. The van der Waals surface area contributed by atoms with Gasteiger partial charge in [-0.1, -0.05) is 15.9 Å². The summed E-state index contributed by atoms with van der Waals surface area (Å²) in [6.45, 7) is 0.801. The van der Waals surface area contributed by atoms with Crippen molar-refractivity contribution in [1.29, 1.82) is 0 Å². The molecule has 0 aromatic heterocycles. The van der Waals surface area contributed by atoms with Gasteiger partial charge in [0, 0.05) is 34.6 Å². The average molecular weight is 388 g/mol. The van der Waals surface area contributed by atoms with E-state index in [4.69, 9.17) is 5.11 Å². The first-order valence-corrected chi connectivity index (χ1v) is 9.23. The Kier molecular flexibility index (Phi) is 6.14. The first-order chi connectivity index (χ1) is 10.5. The summed E-state index contributed by atoms with van der Waals surface area (Å²) in [5.74, 6) is -0.895. The van der Waals surface area contributed by atoms with Crippen molar-refractivity contribution in [1.82, 2.24) is 4.90 Å². The lowest BCUT2D eigenvalue weighted by Gasteiger charge is -2.15. The van der Waals surface area contributed by atoms with E-state index in [9.17, 15) is 13.8 Å². The number of hydrogen-bond donors (Lipinski definition) is 1. The van der Waals surface area contributed by atoms with E-state index in [2.05, 4.69) is 15.9 Å². The Morgan fingerprint density at radius 2 is 2.00 bits per heavy atom. The van der Waals surface area contributed by atoms with Crippen LogP contribution in [-0.2, 0) is 20.4 Å². The van der Waals surface area contributed by atoms with Crippen LogP contribution in [0.5, 0.6) is 0 Å². The number of hydrogen-bond acceptors (Lipinski definition) is 3. The van der Waals surface area contributed by atoms with Crippen molar-refractivity contribution >= 4 is 38.6 Å². The summed E-state index contributed by atoms with van der Waals surface area (Å²) in [4.78, 5) is 25.2. The summed E-state index contributed by atoms with van der Waals surface area (Å²) in [6.07, 6.45) is 1.37. The van der Waals surface area contributed by atoms with E-state index in [1.54, 1.807) is 17.0 Å². The van der Waals surface area contributed by atoms with Crippen LogP contribution in [0.4, 0.5) is 0 Å². The van der Waals surface area contributed by atoms with Gasteiger partial charge in [-0.3, -0.25) is 13.8 Å². The second-order valence-corrected chi connectivity index (χ2v) is 7.76. The quantitative estimate of drug-likeness (QED) is 0.812. The number of carbonyl (C=O) groups is 2. The Bertz CT molecular complexity index is 575. The minimum absolute atomic E-state index is 0.0449. The zero-order valence-electron chi connectivity index (χ0n) is 12.0. The summed E-state index contributed by atoms with van der Waals surface area (Å²) in [5.41, 5.74) is 0. The molecular formula is C15H18BrNO4S. The summed E-state index contributed by atoms with van der Waals surface area (Å²) in [7, 11) is -1.11. The van der Waals surface area contributed by atoms with Crippen LogP contribution >= 0.6 is 15.9 Å². The van der Waals surface area contributed by atoms with Crippen LogP contribution in [-0.4, -0.2) is 44.9 Å². The Balaban J connectivity index is 1.74. The smallest absolute Gasteiger partial charge is 0.308 e. The number of aliphatic carboxylic acids is 1. The van der Waals surface area contributed by atoms with Gasteiger partial charge in [0.15, 0.2) is 0 Å². The maximum Gasteiger partial charge on any atom is 0.308 e. The van der Waals surface area contributed by atoms with Gasteiger partial charge in [0.2, 0.25) is 5.91 Å². The van der Waals surface area contributed by atoms with E-state index in [0.717, 1.165) is 9.37 Å². The molecule has 22 heavy (non-hydrogen) atoms. The van der Waals surface area contributed by atoms with Gasteiger partial charge in [-0.25, -0.2) is 0 Å². The Labute approximate surface area is 140 Å². The Hall–Kier alpha value is -1.21. The summed E-state index contributed by atoms with van der Waals surface area (Å²) >= 11 is 3.33. The zero-order valence-corrected chi connectivity index (χ0v) is 14.4. The lowest BCUT2D eigenvalue weighted by atomic mass is 10.1. The molecule has 120 valence electrons. The van der Waals surface area contributed by atoms with E-state index in [1.807, 2.05) is 12.1 Å². The molecular weight excluding hydrogens is 370 g/mol. The highest BCUT2D eigenvalue weighted by atomic mass is 79.9. The summed E-state index contributed by atoms with van der Waals surface area (Å²) in [5, 5.41) is 8.93. The van der Waals surface area contributed by atoms with Crippen molar-refractivity contribution in [2.45, 2.75) is 24.2 Å².